The molecule has 3 aliphatic heterocycles. The van der Waals surface area contributed by atoms with Crippen LogP contribution in [0.3, 0.4) is 0 Å². The van der Waals surface area contributed by atoms with Gasteiger partial charge in [0.1, 0.15) is 11.7 Å². The van der Waals surface area contributed by atoms with Crippen molar-refractivity contribution in [2.75, 3.05) is 13.2 Å². The summed E-state index contributed by atoms with van der Waals surface area (Å²) in [5.41, 5.74) is 4.02. The maximum absolute atomic E-state index is 14.2. The predicted octanol–water partition coefficient (Wildman–Crippen LogP) is 5.18. The molecule has 168 valence electrons. The van der Waals surface area contributed by atoms with Crippen molar-refractivity contribution in [1.82, 2.24) is 14.9 Å². The maximum atomic E-state index is 14.2. The van der Waals surface area contributed by atoms with E-state index in [1.807, 2.05) is 24.4 Å². The quantitative estimate of drug-likeness (QED) is 0.710. The number of amidine groups is 1. The number of benzene rings is 1. The number of hydrogen-bond donors (Lipinski definition) is 1. The molecule has 32 heavy (non-hydrogen) atoms. The molecule has 1 aromatic carbocycles. The van der Waals surface area contributed by atoms with E-state index in [4.69, 9.17) is 4.74 Å². The van der Waals surface area contributed by atoms with Crippen LogP contribution in [-0.2, 0) is 4.74 Å². The molecular formula is C24H25F3N4O. The van der Waals surface area contributed by atoms with Crippen molar-refractivity contribution in [1.29, 1.82) is 0 Å². The summed E-state index contributed by atoms with van der Waals surface area (Å²) >= 11 is 0. The molecule has 6 rings (SSSR count). The summed E-state index contributed by atoms with van der Waals surface area (Å²) in [6.07, 6.45) is 5.65. The van der Waals surface area contributed by atoms with E-state index in [1.54, 1.807) is 23.2 Å². The number of nitrogens with one attached hydrogen (secondary N) is 1. The number of alkyl halides is 3. The third-order valence-corrected chi connectivity index (χ3v) is 6.95. The van der Waals surface area contributed by atoms with Gasteiger partial charge in [-0.3, -0.25) is 5.43 Å². The Morgan fingerprint density at radius 1 is 1.09 bits per heavy atom. The number of hydrogen-bond acceptors (Lipinski definition) is 4. The number of rotatable bonds is 4. The van der Waals surface area contributed by atoms with Gasteiger partial charge in [0.05, 0.1) is 0 Å². The minimum atomic E-state index is -4.50. The summed E-state index contributed by atoms with van der Waals surface area (Å²) in [4.78, 5) is 1.64. The van der Waals surface area contributed by atoms with Crippen LogP contribution in [0.2, 0.25) is 0 Å². The molecule has 4 heterocycles. The van der Waals surface area contributed by atoms with Gasteiger partial charge in [-0.2, -0.15) is 18.3 Å². The first-order valence-corrected chi connectivity index (χ1v) is 11.3. The van der Waals surface area contributed by atoms with Gasteiger partial charge in [-0.1, -0.05) is 18.9 Å². The molecule has 1 aromatic heterocycles. The maximum Gasteiger partial charge on any atom is 0.420 e. The van der Waals surface area contributed by atoms with E-state index in [9.17, 15) is 13.2 Å². The minimum absolute atomic E-state index is 0.0273. The summed E-state index contributed by atoms with van der Waals surface area (Å²) in [6.45, 7) is 1.48. The van der Waals surface area contributed by atoms with Crippen molar-refractivity contribution in [2.24, 2.45) is 11.0 Å². The second kappa shape index (κ2) is 7.40. The van der Waals surface area contributed by atoms with Crippen molar-refractivity contribution in [2.45, 2.75) is 50.5 Å². The standard InChI is InChI=1S/C24H25F3N4O/c25-24(26,27)22-19(6-10-31-21(13-15-1-2-15)28-29-23(22)31)16-3-4-20-17(14-16)5-9-30(20)18-7-11-32-12-8-18/h3-6,9-10,14-15,18,21,28H,1-2,7-8,11-13H2. The molecule has 5 nitrogen and oxygen atoms in total. The van der Waals surface area contributed by atoms with Gasteiger partial charge in [0.25, 0.3) is 0 Å². The van der Waals surface area contributed by atoms with Crippen LogP contribution in [0.15, 0.2) is 53.4 Å². The highest BCUT2D eigenvalue weighted by molar-refractivity contribution is 6.11. The molecule has 1 atom stereocenters. The lowest BCUT2D eigenvalue weighted by Gasteiger charge is -2.29. The molecule has 0 radical (unpaired) electrons. The van der Waals surface area contributed by atoms with Crippen LogP contribution >= 0.6 is 0 Å². The molecule has 2 aromatic rings. The number of fused-ring (bicyclic) bond motifs is 2. The zero-order valence-corrected chi connectivity index (χ0v) is 17.6. The van der Waals surface area contributed by atoms with Gasteiger partial charge in [-0.05, 0) is 60.6 Å². The van der Waals surface area contributed by atoms with Crippen molar-refractivity contribution in [3.63, 3.8) is 0 Å². The van der Waals surface area contributed by atoms with Crippen LogP contribution in [0.25, 0.3) is 16.5 Å². The van der Waals surface area contributed by atoms with Crippen molar-refractivity contribution in [3.8, 4) is 0 Å². The Morgan fingerprint density at radius 3 is 2.66 bits per heavy atom. The Balaban J connectivity index is 1.37. The molecule has 1 saturated carbocycles. The SMILES string of the molecule is FC(F)(F)C1=C(c2ccc3c(ccn3C3CCOCC3)c2)C=CN2C1=NNC2CC1CC1. The van der Waals surface area contributed by atoms with E-state index in [0.29, 0.717) is 17.5 Å². The van der Waals surface area contributed by atoms with E-state index in [2.05, 4.69) is 15.1 Å². The number of halogens is 3. The van der Waals surface area contributed by atoms with Crippen LogP contribution in [-0.4, -0.2) is 40.9 Å². The number of ether oxygens (including phenoxy) is 1. The average molecular weight is 442 g/mol. The van der Waals surface area contributed by atoms with Gasteiger partial charge in [0.2, 0.25) is 0 Å². The van der Waals surface area contributed by atoms with E-state index >= 15 is 0 Å². The second-order valence-electron chi connectivity index (χ2n) is 9.11. The van der Waals surface area contributed by atoms with Crippen LogP contribution in [0.4, 0.5) is 13.2 Å². The zero-order valence-electron chi connectivity index (χ0n) is 17.6. The van der Waals surface area contributed by atoms with Gasteiger partial charge in [-0.15, -0.1) is 0 Å². The first kappa shape index (κ1) is 19.9. The Labute approximate surface area is 184 Å². The number of nitrogens with zero attached hydrogens (tertiary/aromatic N) is 3. The van der Waals surface area contributed by atoms with Gasteiger partial charge in [-0.25, -0.2) is 0 Å². The molecule has 1 aliphatic carbocycles. The molecule has 0 bridgehead atoms. The Bertz CT molecular complexity index is 1140. The van der Waals surface area contributed by atoms with Gasteiger partial charge in [0, 0.05) is 42.6 Å². The largest absolute Gasteiger partial charge is 0.420 e. The first-order chi connectivity index (χ1) is 15.5. The summed E-state index contributed by atoms with van der Waals surface area (Å²) < 4.78 is 50.4. The highest BCUT2D eigenvalue weighted by Gasteiger charge is 2.46. The normalized spacial score (nSPS) is 24.2. The number of aromatic nitrogens is 1. The summed E-state index contributed by atoms with van der Waals surface area (Å²) in [7, 11) is 0. The molecule has 8 heteroatoms. The molecule has 1 unspecified atom stereocenters. The topological polar surface area (TPSA) is 41.8 Å². The highest BCUT2D eigenvalue weighted by Crippen LogP contribution is 2.42. The van der Waals surface area contributed by atoms with Crippen LogP contribution in [0.1, 0.15) is 43.7 Å². The lowest BCUT2D eigenvalue weighted by Crippen LogP contribution is -2.41. The molecule has 0 spiro atoms. The molecule has 1 N–H and O–H groups in total. The van der Waals surface area contributed by atoms with Gasteiger partial charge >= 0.3 is 6.18 Å². The van der Waals surface area contributed by atoms with Crippen LogP contribution < -0.4 is 5.43 Å². The number of hydrazone groups is 1. The highest BCUT2D eigenvalue weighted by atomic mass is 19.4. The number of allylic oxidation sites excluding steroid dienone is 2. The van der Waals surface area contributed by atoms with Crippen LogP contribution in [0.5, 0.6) is 0 Å². The first-order valence-electron chi connectivity index (χ1n) is 11.3. The lowest BCUT2D eigenvalue weighted by atomic mass is 9.94. The monoisotopic (exact) mass is 442 g/mol. The van der Waals surface area contributed by atoms with Crippen molar-refractivity contribution in [3.05, 3.63) is 53.9 Å². The summed E-state index contributed by atoms with van der Waals surface area (Å²) in [5.74, 6) is 0.554. The third kappa shape index (κ3) is 3.41. The Morgan fingerprint density at radius 2 is 1.91 bits per heavy atom. The second-order valence-corrected chi connectivity index (χ2v) is 9.11. The minimum Gasteiger partial charge on any atom is -0.381 e. The zero-order chi connectivity index (χ0) is 21.9. The summed E-state index contributed by atoms with van der Waals surface area (Å²) in [5, 5.41) is 5.06. The smallest absolute Gasteiger partial charge is 0.381 e. The third-order valence-electron chi connectivity index (χ3n) is 6.95. The molecule has 1 saturated heterocycles. The van der Waals surface area contributed by atoms with E-state index in [-0.39, 0.29) is 17.6 Å². The van der Waals surface area contributed by atoms with Gasteiger partial charge < -0.3 is 14.2 Å². The average Bonchev–Trinajstić information content (AvgIpc) is 3.36. The molecular weight excluding hydrogens is 417 g/mol. The summed E-state index contributed by atoms with van der Waals surface area (Å²) in [6, 6.07) is 7.94. The fourth-order valence-corrected chi connectivity index (χ4v) is 5.09. The van der Waals surface area contributed by atoms with Crippen molar-refractivity contribution < 1.29 is 17.9 Å². The Kier molecular flexibility index (Phi) is 4.61. The predicted molar refractivity (Wildman–Crippen MR) is 117 cm³/mol. The fraction of sp³-hybridized carbons (Fsp3) is 0.458. The molecule has 2 fully saturated rings. The molecule has 0 amide bonds. The molecule has 4 aliphatic rings. The van der Waals surface area contributed by atoms with E-state index in [0.717, 1.165) is 56.2 Å². The van der Waals surface area contributed by atoms with E-state index in [1.165, 1.54) is 0 Å². The lowest BCUT2D eigenvalue weighted by molar-refractivity contribution is -0.0863. The van der Waals surface area contributed by atoms with Gasteiger partial charge in [0.15, 0.2) is 5.84 Å². The Hall–Kier alpha value is -2.74. The van der Waals surface area contributed by atoms with E-state index < -0.39 is 11.7 Å². The fourth-order valence-electron chi connectivity index (χ4n) is 5.09. The van der Waals surface area contributed by atoms with Crippen molar-refractivity contribution >= 4 is 22.3 Å². The van der Waals surface area contributed by atoms with Crippen LogP contribution in [0, 0.1) is 5.92 Å².